The fraction of sp³-hybridized carbons (Fsp3) is 0.769. The summed E-state index contributed by atoms with van der Waals surface area (Å²) in [5.41, 5.74) is 2.81. The molecule has 0 radical (unpaired) electrons. The van der Waals surface area contributed by atoms with E-state index in [1.807, 2.05) is 0 Å². The van der Waals surface area contributed by atoms with Gasteiger partial charge in [-0.3, -0.25) is 4.68 Å². The maximum atomic E-state index is 5.42. The van der Waals surface area contributed by atoms with Gasteiger partial charge in [0.1, 0.15) is 0 Å². The average molecular weight is 233 g/mol. The van der Waals surface area contributed by atoms with Crippen LogP contribution in [0.2, 0.25) is 0 Å². The second-order valence-corrected chi connectivity index (χ2v) is 5.55. The fourth-order valence-corrected chi connectivity index (χ4v) is 3.49. The Balaban J connectivity index is 1.64. The first kappa shape index (κ1) is 10.1. The zero-order valence-corrected chi connectivity index (χ0v) is 10.1. The van der Waals surface area contributed by atoms with E-state index in [1.54, 1.807) is 0 Å². The highest BCUT2D eigenvalue weighted by Crippen LogP contribution is 2.36. The van der Waals surface area contributed by atoms with Crippen LogP contribution >= 0.6 is 0 Å². The van der Waals surface area contributed by atoms with Gasteiger partial charge in [-0.15, -0.1) is 0 Å². The van der Waals surface area contributed by atoms with Gasteiger partial charge in [0.2, 0.25) is 0 Å². The van der Waals surface area contributed by atoms with Crippen molar-refractivity contribution in [3.8, 4) is 0 Å². The van der Waals surface area contributed by atoms with Crippen molar-refractivity contribution in [3.63, 3.8) is 0 Å². The van der Waals surface area contributed by atoms with Gasteiger partial charge in [-0.25, -0.2) is 0 Å². The smallest absolute Gasteiger partial charge is 0.0688 e. The zero-order chi connectivity index (χ0) is 11.2. The Morgan fingerprint density at radius 3 is 3.00 bits per heavy atom. The molecule has 4 heteroatoms. The van der Waals surface area contributed by atoms with Crippen LogP contribution in [0.3, 0.4) is 0 Å². The summed E-state index contributed by atoms with van der Waals surface area (Å²) >= 11 is 0. The third kappa shape index (κ3) is 1.62. The van der Waals surface area contributed by atoms with Crippen LogP contribution in [0.15, 0.2) is 6.20 Å². The van der Waals surface area contributed by atoms with Crippen LogP contribution in [0.4, 0.5) is 0 Å². The summed E-state index contributed by atoms with van der Waals surface area (Å²) in [6, 6.07) is 1.83. The van der Waals surface area contributed by atoms with Gasteiger partial charge in [0.25, 0.3) is 0 Å². The highest BCUT2D eigenvalue weighted by Gasteiger charge is 2.34. The third-order valence-corrected chi connectivity index (χ3v) is 4.46. The molecule has 2 bridgehead atoms. The van der Waals surface area contributed by atoms with Gasteiger partial charge in [0.05, 0.1) is 11.7 Å². The highest BCUT2D eigenvalue weighted by atomic mass is 16.5. The van der Waals surface area contributed by atoms with Crippen molar-refractivity contribution in [3.05, 3.63) is 17.5 Å². The van der Waals surface area contributed by atoms with E-state index in [9.17, 15) is 0 Å². The maximum Gasteiger partial charge on any atom is 0.0688 e. The topological polar surface area (TPSA) is 39.1 Å². The summed E-state index contributed by atoms with van der Waals surface area (Å²) in [6.45, 7) is 1.78. The molecule has 1 N–H and O–H groups in total. The molecule has 2 saturated heterocycles. The summed E-state index contributed by atoms with van der Waals surface area (Å²) in [5, 5.41) is 8.52. The third-order valence-electron chi connectivity index (χ3n) is 4.46. The van der Waals surface area contributed by atoms with Crippen molar-refractivity contribution in [1.29, 1.82) is 0 Å². The highest BCUT2D eigenvalue weighted by molar-refractivity contribution is 5.28. The van der Waals surface area contributed by atoms with Crippen molar-refractivity contribution < 1.29 is 4.74 Å². The number of fused-ring (bicyclic) bond motifs is 4. The summed E-state index contributed by atoms with van der Waals surface area (Å²) in [5.74, 6) is 0. The molecule has 17 heavy (non-hydrogen) atoms. The van der Waals surface area contributed by atoms with E-state index in [0.717, 1.165) is 32.5 Å². The lowest BCUT2D eigenvalue weighted by atomic mass is 10.0. The molecule has 0 unspecified atom stereocenters. The van der Waals surface area contributed by atoms with E-state index in [4.69, 9.17) is 9.84 Å². The van der Waals surface area contributed by atoms with E-state index >= 15 is 0 Å². The number of nitrogens with one attached hydrogen (secondary N) is 1. The van der Waals surface area contributed by atoms with E-state index in [2.05, 4.69) is 16.2 Å². The molecule has 0 spiro atoms. The van der Waals surface area contributed by atoms with Gasteiger partial charge in [0, 0.05) is 43.5 Å². The zero-order valence-electron chi connectivity index (χ0n) is 10.1. The lowest BCUT2D eigenvalue weighted by Crippen LogP contribution is -2.31. The van der Waals surface area contributed by atoms with Gasteiger partial charge in [0.15, 0.2) is 0 Å². The van der Waals surface area contributed by atoms with Gasteiger partial charge >= 0.3 is 0 Å². The number of nitrogens with zero attached hydrogens (tertiary/aromatic N) is 2. The molecule has 3 aliphatic heterocycles. The van der Waals surface area contributed by atoms with Crippen LogP contribution < -0.4 is 5.32 Å². The molecule has 3 aliphatic rings. The Morgan fingerprint density at radius 2 is 2.12 bits per heavy atom. The van der Waals surface area contributed by atoms with Crippen LogP contribution in [-0.4, -0.2) is 29.0 Å². The molecule has 4 heterocycles. The molecule has 2 atom stereocenters. The molecule has 0 aliphatic carbocycles. The molecule has 4 nitrogen and oxygen atoms in total. The molecule has 1 aromatic heterocycles. The summed E-state index contributed by atoms with van der Waals surface area (Å²) < 4.78 is 7.64. The predicted molar refractivity (Wildman–Crippen MR) is 63.9 cm³/mol. The minimum absolute atomic E-state index is 0.563. The Morgan fingerprint density at radius 1 is 1.24 bits per heavy atom. The van der Waals surface area contributed by atoms with Gasteiger partial charge < -0.3 is 10.1 Å². The first-order chi connectivity index (χ1) is 8.40. The Hall–Kier alpha value is -0.870. The van der Waals surface area contributed by atoms with E-state index in [-0.39, 0.29) is 0 Å². The Labute approximate surface area is 101 Å². The predicted octanol–water partition coefficient (Wildman–Crippen LogP) is 1.58. The molecule has 92 valence electrons. The average Bonchev–Trinajstić information content (AvgIpc) is 2.97. The Kier molecular flexibility index (Phi) is 2.27. The van der Waals surface area contributed by atoms with Crippen molar-refractivity contribution in [1.82, 2.24) is 15.1 Å². The molecule has 0 saturated carbocycles. The van der Waals surface area contributed by atoms with Gasteiger partial charge in [-0.05, 0) is 25.7 Å². The Bertz CT molecular complexity index is 422. The fourth-order valence-electron chi connectivity index (χ4n) is 3.49. The van der Waals surface area contributed by atoms with Gasteiger partial charge in [-0.2, -0.15) is 5.10 Å². The summed E-state index contributed by atoms with van der Waals surface area (Å²) in [4.78, 5) is 0. The molecule has 4 rings (SSSR count). The molecular weight excluding hydrogens is 214 g/mol. The number of aromatic nitrogens is 2. The first-order valence-electron chi connectivity index (χ1n) is 6.82. The number of ether oxygens (including phenoxy) is 1. The molecular formula is C13H19N3O. The lowest BCUT2D eigenvalue weighted by molar-refractivity contribution is 0.0661. The molecule has 1 aromatic rings. The van der Waals surface area contributed by atoms with Crippen LogP contribution in [0.1, 0.15) is 49.0 Å². The van der Waals surface area contributed by atoms with E-state index < -0.39 is 0 Å². The van der Waals surface area contributed by atoms with Crippen LogP contribution in [-0.2, 0) is 11.2 Å². The second kappa shape index (κ2) is 3.82. The SMILES string of the molecule is c1c2c(nn1C1CCOCC1)C[C@@H]1CC[C@@H]2N1. The normalized spacial score (nSPS) is 32.7. The monoisotopic (exact) mass is 233 g/mol. The van der Waals surface area contributed by atoms with Crippen LogP contribution in [0.25, 0.3) is 0 Å². The van der Waals surface area contributed by atoms with E-state index in [0.29, 0.717) is 18.1 Å². The van der Waals surface area contributed by atoms with Crippen molar-refractivity contribution in [2.24, 2.45) is 0 Å². The van der Waals surface area contributed by atoms with Gasteiger partial charge in [-0.1, -0.05) is 0 Å². The molecule has 0 aromatic carbocycles. The standard InChI is InChI=1S/C13H19N3O/c1-2-12-11-8-16(10-3-5-17-6-4-10)15-13(11)7-9(1)14-12/h8-10,12,14H,1-7H2/t9-,12-/m0/s1. The van der Waals surface area contributed by atoms with Crippen LogP contribution in [0.5, 0.6) is 0 Å². The number of rotatable bonds is 1. The van der Waals surface area contributed by atoms with Crippen molar-refractivity contribution >= 4 is 0 Å². The summed E-state index contributed by atoms with van der Waals surface area (Å²) in [6.07, 6.45) is 8.26. The lowest BCUT2D eigenvalue weighted by Gasteiger charge is -2.22. The molecule has 0 amide bonds. The number of hydrogen-bond acceptors (Lipinski definition) is 3. The minimum atomic E-state index is 0.563. The van der Waals surface area contributed by atoms with E-state index in [1.165, 1.54) is 24.1 Å². The minimum Gasteiger partial charge on any atom is -0.381 e. The van der Waals surface area contributed by atoms with Crippen molar-refractivity contribution in [2.45, 2.75) is 50.2 Å². The first-order valence-corrected chi connectivity index (χ1v) is 6.82. The number of hydrogen-bond donors (Lipinski definition) is 1. The molecule has 2 fully saturated rings. The van der Waals surface area contributed by atoms with Crippen molar-refractivity contribution in [2.75, 3.05) is 13.2 Å². The maximum absolute atomic E-state index is 5.42. The second-order valence-electron chi connectivity index (χ2n) is 5.55. The summed E-state index contributed by atoms with van der Waals surface area (Å²) in [7, 11) is 0. The van der Waals surface area contributed by atoms with Crippen LogP contribution in [0, 0.1) is 0 Å². The largest absolute Gasteiger partial charge is 0.381 e. The quantitative estimate of drug-likeness (QED) is 0.800.